The summed E-state index contributed by atoms with van der Waals surface area (Å²) < 4.78 is 0. The van der Waals surface area contributed by atoms with Crippen LogP contribution in [0.15, 0.2) is 48.5 Å². The van der Waals surface area contributed by atoms with Crippen molar-refractivity contribution < 1.29 is 9.90 Å². The van der Waals surface area contributed by atoms with Gasteiger partial charge in [-0.2, -0.15) is 0 Å². The molecule has 0 aromatic heterocycles. The fourth-order valence-corrected chi connectivity index (χ4v) is 2.58. The summed E-state index contributed by atoms with van der Waals surface area (Å²) in [6, 6.07) is 14.4. The average molecular weight is 324 g/mol. The first-order valence-corrected chi connectivity index (χ1v) is 7.22. The van der Waals surface area contributed by atoms with Crippen LogP contribution in [0.5, 0.6) is 0 Å². The molecule has 3 nitrogen and oxygen atoms in total. The molecule has 0 spiro atoms. The number of nitrogens with zero attached hydrogens (tertiary/aromatic N) is 1. The number of benzene rings is 2. The number of carboxylic acid groups (broad SMARTS) is 1. The quantitative estimate of drug-likeness (QED) is 0.870. The van der Waals surface area contributed by atoms with E-state index >= 15 is 0 Å². The van der Waals surface area contributed by atoms with Crippen molar-refractivity contribution in [2.75, 3.05) is 11.4 Å². The molecule has 110 valence electrons. The second-order valence-corrected chi connectivity index (χ2v) is 5.61. The van der Waals surface area contributed by atoms with Crippen molar-refractivity contribution >= 4 is 34.9 Å². The number of hydrogen-bond donors (Lipinski definition) is 1. The Bertz CT molecular complexity index is 646. The molecule has 0 aliphatic heterocycles. The second kappa shape index (κ2) is 6.83. The molecule has 5 heteroatoms. The summed E-state index contributed by atoms with van der Waals surface area (Å²) in [4.78, 5) is 12.9. The Balaban J connectivity index is 2.38. The molecular weight excluding hydrogens is 309 g/mol. The van der Waals surface area contributed by atoms with Crippen LogP contribution >= 0.6 is 23.2 Å². The van der Waals surface area contributed by atoms with Gasteiger partial charge in [0.1, 0.15) is 6.54 Å². The maximum Gasteiger partial charge on any atom is 0.323 e. The lowest BCUT2D eigenvalue weighted by Gasteiger charge is -2.30. The van der Waals surface area contributed by atoms with Gasteiger partial charge in [-0.05, 0) is 42.8 Å². The van der Waals surface area contributed by atoms with Crippen LogP contribution in [0.2, 0.25) is 10.0 Å². The summed E-state index contributed by atoms with van der Waals surface area (Å²) in [6.45, 7) is 1.82. The van der Waals surface area contributed by atoms with Gasteiger partial charge in [0.15, 0.2) is 0 Å². The molecular formula is C16H15Cl2NO2. The Morgan fingerprint density at radius 1 is 1.14 bits per heavy atom. The zero-order chi connectivity index (χ0) is 15.4. The van der Waals surface area contributed by atoms with Crippen LogP contribution in [0, 0.1) is 0 Å². The number of hydrogen-bond acceptors (Lipinski definition) is 2. The molecule has 1 atom stereocenters. The molecule has 0 saturated heterocycles. The highest BCUT2D eigenvalue weighted by atomic mass is 35.5. The van der Waals surface area contributed by atoms with Gasteiger partial charge in [0.05, 0.1) is 6.04 Å². The standard InChI is InChI=1S/C16H15Cl2NO2/c1-11(12-4-2-5-13(17)8-12)19(10-16(20)21)15-7-3-6-14(18)9-15/h2-9,11H,10H2,1H3,(H,20,21). The van der Waals surface area contributed by atoms with Crippen molar-refractivity contribution in [3.05, 3.63) is 64.1 Å². The van der Waals surface area contributed by atoms with Crippen LogP contribution < -0.4 is 4.90 Å². The molecule has 21 heavy (non-hydrogen) atoms. The van der Waals surface area contributed by atoms with Crippen LogP contribution in [0.1, 0.15) is 18.5 Å². The number of carboxylic acids is 1. The highest BCUT2D eigenvalue weighted by Crippen LogP contribution is 2.29. The number of carbonyl (C=O) groups is 1. The molecule has 2 aromatic carbocycles. The Hall–Kier alpha value is -1.71. The zero-order valence-electron chi connectivity index (χ0n) is 11.5. The van der Waals surface area contributed by atoms with Gasteiger partial charge in [0.25, 0.3) is 0 Å². The van der Waals surface area contributed by atoms with Crippen molar-refractivity contribution in [2.24, 2.45) is 0 Å². The highest BCUT2D eigenvalue weighted by Gasteiger charge is 2.19. The van der Waals surface area contributed by atoms with Crippen molar-refractivity contribution in [3.8, 4) is 0 Å². The predicted octanol–water partition coefficient (Wildman–Crippen LogP) is 4.65. The first-order valence-electron chi connectivity index (χ1n) is 6.47. The third kappa shape index (κ3) is 4.13. The molecule has 0 heterocycles. The van der Waals surface area contributed by atoms with E-state index in [1.54, 1.807) is 29.2 Å². The van der Waals surface area contributed by atoms with Crippen molar-refractivity contribution in [3.63, 3.8) is 0 Å². The predicted molar refractivity (Wildman–Crippen MR) is 86.3 cm³/mol. The summed E-state index contributed by atoms with van der Waals surface area (Å²) in [6.07, 6.45) is 0. The van der Waals surface area contributed by atoms with E-state index in [2.05, 4.69) is 0 Å². The maximum absolute atomic E-state index is 11.2. The lowest BCUT2D eigenvalue weighted by Crippen LogP contribution is -2.32. The van der Waals surface area contributed by atoms with Gasteiger partial charge in [0, 0.05) is 15.7 Å². The summed E-state index contributed by atoms with van der Waals surface area (Å²) >= 11 is 12.0. The Kier molecular flexibility index (Phi) is 5.10. The summed E-state index contributed by atoms with van der Waals surface area (Å²) in [5.74, 6) is -0.899. The van der Waals surface area contributed by atoms with Gasteiger partial charge >= 0.3 is 5.97 Å². The topological polar surface area (TPSA) is 40.5 Å². The Morgan fingerprint density at radius 3 is 2.33 bits per heavy atom. The number of halogens is 2. The van der Waals surface area contributed by atoms with Crippen molar-refractivity contribution in [1.82, 2.24) is 0 Å². The van der Waals surface area contributed by atoms with E-state index in [1.165, 1.54) is 0 Å². The molecule has 1 N–H and O–H groups in total. The monoisotopic (exact) mass is 323 g/mol. The summed E-state index contributed by atoms with van der Waals surface area (Å²) in [5, 5.41) is 10.4. The van der Waals surface area contributed by atoms with Crippen LogP contribution in [0.3, 0.4) is 0 Å². The van der Waals surface area contributed by atoms with E-state index in [0.717, 1.165) is 11.3 Å². The molecule has 2 rings (SSSR count). The van der Waals surface area contributed by atoms with Crippen LogP contribution in [-0.2, 0) is 4.79 Å². The molecule has 2 aromatic rings. The van der Waals surface area contributed by atoms with E-state index < -0.39 is 5.97 Å². The molecule has 0 saturated carbocycles. The van der Waals surface area contributed by atoms with Crippen LogP contribution in [-0.4, -0.2) is 17.6 Å². The van der Waals surface area contributed by atoms with Gasteiger partial charge in [-0.25, -0.2) is 0 Å². The van der Waals surface area contributed by atoms with Crippen LogP contribution in [0.4, 0.5) is 5.69 Å². The fourth-order valence-electron chi connectivity index (χ4n) is 2.20. The minimum atomic E-state index is -0.899. The lowest BCUT2D eigenvalue weighted by molar-refractivity contribution is -0.135. The van der Waals surface area contributed by atoms with E-state index in [9.17, 15) is 4.79 Å². The SMILES string of the molecule is CC(c1cccc(Cl)c1)N(CC(=O)O)c1cccc(Cl)c1. The first-order chi connectivity index (χ1) is 9.97. The molecule has 1 unspecified atom stereocenters. The van der Waals surface area contributed by atoms with E-state index in [4.69, 9.17) is 28.3 Å². The van der Waals surface area contributed by atoms with Gasteiger partial charge in [-0.3, -0.25) is 4.79 Å². The Morgan fingerprint density at radius 2 is 1.76 bits per heavy atom. The lowest BCUT2D eigenvalue weighted by atomic mass is 10.1. The molecule has 0 fully saturated rings. The molecule has 0 radical (unpaired) electrons. The third-order valence-electron chi connectivity index (χ3n) is 3.24. The molecule has 0 aliphatic rings. The molecule has 0 bridgehead atoms. The van der Waals surface area contributed by atoms with Crippen molar-refractivity contribution in [1.29, 1.82) is 0 Å². The molecule has 0 aliphatic carbocycles. The van der Waals surface area contributed by atoms with Gasteiger partial charge in [0.2, 0.25) is 0 Å². The van der Waals surface area contributed by atoms with E-state index in [1.807, 2.05) is 31.2 Å². The average Bonchev–Trinajstić information content (AvgIpc) is 2.44. The second-order valence-electron chi connectivity index (χ2n) is 4.73. The molecule has 0 amide bonds. The highest BCUT2D eigenvalue weighted by molar-refractivity contribution is 6.31. The number of aliphatic carboxylic acids is 1. The van der Waals surface area contributed by atoms with E-state index in [0.29, 0.717) is 10.0 Å². The summed E-state index contributed by atoms with van der Waals surface area (Å²) in [5.41, 5.74) is 1.71. The maximum atomic E-state index is 11.2. The van der Waals surface area contributed by atoms with Crippen LogP contribution in [0.25, 0.3) is 0 Å². The number of rotatable bonds is 5. The zero-order valence-corrected chi connectivity index (χ0v) is 13.0. The van der Waals surface area contributed by atoms with E-state index in [-0.39, 0.29) is 12.6 Å². The van der Waals surface area contributed by atoms with Crippen molar-refractivity contribution in [2.45, 2.75) is 13.0 Å². The fraction of sp³-hybridized carbons (Fsp3) is 0.188. The minimum absolute atomic E-state index is 0.117. The van der Waals surface area contributed by atoms with Gasteiger partial charge in [-0.1, -0.05) is 41.4 Å². The third-order valence-corrected chi connectivity index (χ3v) is 3.71. The Labute approximate surface area is 133 Å². The largest absolute Gasteiger partial charge is 0.480 e. The number of anilines is 1. The van der Waals surface area contributed by atoms with Gasteiger partial charge in [-0.15, -0.1) is 0 Å². The summed E-state index contributed by atoms with van der Waals surface area (Å²) in [7, 11) is 0. The van der Waals surface area contributed by atoms with Gasteiger partial charge < -0.3 is 10.0 Å². The smallest absolute Gasteiger partial charge is 0.323 e. The minimum Gasteiger partial charge on any atom is -0.480 e. The first kappa shape index (κ1) is 15.7. The normalized spacial score (nSPS) is 12.0.